The maximum Gasteiger partial charge on any atom is 0.346 e. The normalized spacial score (nSPS) is 24.7. The zero-order valence-corrected chi connectivity index (χ0v) is 13.3. The molecule has 3 rings (SSSR count). The van der Waals surface area contributed by atoms with Gasteiger partial charge < -0.3 is 10.6 Å². The molecule has 2 N–H and O–H groups in total. The summed E-state index contributed by atoms with van der Waals surface area (Å²) in [5.74, 6) is 0.827. The fourth-order valence-corrected chi connectivity index (χ4v) is 3.91. The molecule has 20 heavy (non-hydrogen) atoms. The number of hydrogen-bond donors (Lipinski definition) is 1. The van der Waals surface area contributed by atoms with Gasteiger partial charge >= 0.3 is 6.03 Å². The molecule has 1 aliphatic heterocycles. The zero-order chi connectivity index (χ0) is 14.5. The summed E-state index contributed by atoms with van der Waals surface area (Å²) in [4.78, 5) is 18.1. The third-order valence-electron chi connectivity index (χ3n) is 4.18. The summed E-state index contributed by atoms with van der Waals surface area (Å²) in [6.07, 6.45) is 1.73. The summed E-state index contributed by atoms with van der Waals surface area (Å²) in [5, 5.41) is 0. The van der Waals surface area contributed by atoms with Gasteiger partial charge in [-0.25, -0.2) is 4.79 Å². The van der Waals surface area contributed by atoms with Crippen molar-refractivity contribution in [1.82, 2.24) is 4.90 Å². The Morgan fingerprint density at radius 1 is 1.50 bits per heavy atom. The Morgan fingerprint density at radius 2 is 2.25 bits per heavy atom. The summed E-state index contributed by atoms with van der Waals surface area (Å²) in [6.45, 7) is 4.88. The highest BCUT2D eigenvalue weighted by Gasteiger charge is 2.53. The van der Waals surface area contributed by atoms with Crippen molar-refractivity contribution in [2.75, 3.05) is 6.54 Å². The van der Waals surface area contributed by atoms with E-state index >= 15 is 0 Å². The summed E-state index contributed by atoms with van der Waals surface area (Å²) in [7, 11) is 0. The van der Waals surface area contributed by atoms with E-state index in [4.69, 9.17) is 5.73 Å². The summed E-state index contributed by atoms with van der Waals surface area (Å²) >= 11 is 3.60. The Bertz CT molecular complexity index is 611. The standard InChI is InChI=1S/C15H18BrN3O/c1-9(2)8-19-14(20)18-13(17)15(19)7-6-10-11(15)4-3-5-12(10)16/h3-5,9H,6-8H2,1-2H3,(H2,17,18,20). The number of nitrogens with two attached hydrogens (primary N) is 1. The van der Waals surface area contributed by atoms with Gasteiger partial charge in [0.1, 0.15) is 11.4 Å². The van der Waals surface area contributed by atoms with Crippen LogP contribution >= 0.6 is 15.9 Å². The molecule has 1 heterocycles. The average molecular weight is 336 g/mol. The molecular weight excluding hydrogens is 318 g/mol. The molecule has 0 saturated heterocycles. The van der Waals surface area contributed by atoms with Crippen molar-refractivity contribution in [3.05, 3.63) is 33.8 Å². The van der Waals surface area contributed by atoms with E-state index in [2.05, 4.69) is 40.8 Å². The van der Waals surface area contributed by atoms with Gasteiger partial charge in [0.05, 0.1) is 0 Å². The molecule has 0 bridgehead atoms. The van der Waals surface area contributed by atoms with Gasteiger partial charge in [-0.2, -0.15) is 4.99 Å². The molecule has 2 aliphatic rings. The highest BCUT2D eigenvalue weighted by Crippen LogP contribution is 2.47. The van der Waals surface area contributed by atoms with Gasteiger partial charge in [-0.1, -0.05) is 41.9 Å². The second kappa shape index (κ2) is 4.58. The van der Waals surface area contributed by atoms with Gasteiger partial charge in [0.2, 0.25) is 0 Å². The fourth-order valence-electron chi connectivity index (χ4n) is 3.34. The first-order valence-corrected chi connectivity index (χ1v) is 7.70. The Hall–Kier alpha value is -1.36. The van der Waals surface area contributed by atoms with Gasteiger partial charge in [-0.15, -0.1) is 0 Å². The monoisotopic (exact) mass is 335 g/mol. The molecule has 1 unspecified atom stereocenters. The topological polar surface area (TPSA) is 58.7 Å². The van der Waals surface area contributed by atoms with Crippen molar-refractivity contribution in [2.45, 2.75) is 32.2 Å². The number of amides is 2. The second-order valence-electron chi connectivity index (χ2n) is 5.91. The third-order valence-corrected chi connectivity index (χ3v) is 4.92. The van der Waals surface area contributed by atoms with Crippen LogP contribution in [0.1, 0.15) is 31.4 Å². The van der Waals surface area contributed by atoms with Crippen LogP contribution in [0.15, 0.2) is 27.7 Å². The van der Waals surface area contributed by atoms with Crippen LogP contribution in [0.5, 0.6) is 0 Å². The SMILES string of the molecule is CC(C)CN1C(=O)N=C(N)C12CCc1c(Br)cccc12. The van der Waals surface area contributed by atoms with E-state index in [1.165, 1.54) is 5.56 Å². The number of benzene rings is 1. The molecule has 106 valence electrons. The average Bonchev–Trinajstić information content (AvgIpc) is 2.86. The number of urea groups is 1. The Balaban J connectivity index is 2.15. The summed E-state index contributed by atoms with van der Waals surface area (Å²) < 4.78 is 1.09. The molecule has 5 heteroatoms. The molecule has 0 fully saturated rings. The number of nitrogens with zero attached hydrogens (tertiary/aromatic N) is 2. The van der Waals surface area contributed by atoms with Crippen molar-refractivity contribution in [2.24, 2.45) is 16.6 Å². The predicted molar refractivity (Wildman–Crippen MR) is 82.7 cm³/mol. The molecule has 1 aromatic carbocycles. The molecule has 0 aromatic heterocycles. The van der Waals surface area contributed by atoms with Gasteiger partial charge in [-0.05, 0) is 36.0 Å². The molecule has 4 nitrogen and oxygen atoms in total. The lowest BCUT2D eigenvalue weighted by atomic mass is 9.89. The molecule has 2 amide bonds. The van der Waals surface area contributed by atoms with Gasteiger partial charge in [0.15, 0.2) is 0 Å². The Kier molecular flexibility index (Phi) is 3.12. The number of hydrogen-bond acceptors (Lipinski definition) is 2. The fraction of sp³-hybridized carbons (Fsp3) is 0.467. The van der Waals surface area contributed by atoms with Crippen LogP contribution < -0.4 is 5.73 Å². The van der Waals surface area contributed by atoms with Crippen molar-refractivity contribution >= 4 is 27.8 Å². The van der Waals surface area contributed by atoms with E-state index in [1.807, 2.05) is 17.0 Å². The lowest BCUT2D eigenvalue weighted by Crippen LogP contribution is -2.51. The second-order valence-corrected chi connectivity index (χ2v) is 6.76. The quantitative estimate of drug-likeness (QED) is 0.902. The number of fused-ring (bicyclic) bond motifs is 2. The first-order valence-electron chi connectivity index (χ1n) is 6.91. The minimum Gasteiger partial charge on any atom is -0.385 e. The zero-order valence-electron chi connectivity index (χ0n) is 11.7. The van der Waals surface area contributed by atoms with Crippen LogP contribution in [-0.4, -0.2) is 23.3 Å². The van der Waals surface area contributed by atoms with E-state index in [-0.39, 0.29) is 6.03 Å². The smallest absolute Gasteiger partial charge is 0.346 e. The minimum absolute atomic E-state index is 0.205. The Morgan fingerprint density at radius 3 is 2.95 bits per heavy atom. The van der Waals surface area contributed by atoms with Crippen molar-refractivity contribution < 1.29 is 4.79 Å². The van der Waals surface area contributed by atoms with Crippen LogP contribution in [-0.2, 0) is 12.0 Å². The van der Waals surface area contributed by atoms with E-state index in [1.54, 1.807) is 0 Å². The van der Waals surface area contributed by atoms with Crippen molar-refractivity contribution in [3.63, 3.8) is 0 Å². The van der Waals surface area contributed by atoms with Crippen LogP contribution in [0, 0.1) is 5.92 Å². The Labute approximate surface area is 127 Å². The minimum atomic E-state index is -0.527. The van der Waals surface area contributed by atoms with Gasteiger partial charge in [0, 0.05) is 11.0 Å². The maximum absolute atomic E-state index is 12.2. The molecule has 1 spiro atoms. The van der Waals surface area contributed by atoms with E-state index < -0.39 is 5.54 Å². The van der Waals surface area contributed by atoms with Gasteiger partial charge in [0.25, 0.3) is 0 Å². The predicted octanol–water partition coefficient (Wildman–Crippen LogP) is 3.04. The molecule has 1 aromatic rings. The number of halogens is 1. The molecule has 1 atom stereocenters. The summed E-state index contributed by atoms with van der Waals surface area (Å²) in [6, 6.07) is 5.90. The molecule has 0 radical (unpaired) electrons. The van der Waals surface area contributed by atoms with Crippen molar-refractivity contribution in [1.29, 1.82) is 0 Å². The maximum atomic E-state index is 12.2. The van der Waals surface area contributed by atoms with Crippen LogP contribution in [0.3, 0.4) is 0 Å². The van der Waals surface area contributed by atoms with E-state index in [9.17, 15) is 4.79 Å². The number of carbonyl (C=O) groups is 1. The molecule has 0 saturated carbocycles. The first kappa shape index (κ1) is 13.6. The largest absolute Gasteiger partial charge is 0.385 e. The third kappa shape index (κ3) is 1.72. The number of carbonyl (C=O) groups excluding carboxylic acids is 1. The van der Waals surface area contributed by atoms with Crippen LogP contribution in [0.25, 0.3) is 0 Å². The number of aliphatic imine (C=N–C) groups is 1. The first-order chi connectivity index (χ1) is 9.46. The number of rotatable bonds is 2. The lowest BCUT2D eigenvalue weighted by Gasteiger charge is -2.36. The molecule has 1 aliphatic carbocycles. The van der Waals surface area contributed by atoms with Crippen molar-refractivity contribution in [3.8, 4) is 0 Å². The van der Waals surface area contributed by atoms with Gasteiger partial charge in [-0.3, -0.25) is 0 Å². The summed E-state index contributed by atoms with van der Waals surface area (Å²) in [5.41, 5.74) is 8.01. The van der Waals surface area contributed by atoms with Crippen LogP contribution in [0.2, 0.25) is 0 Å². The van der Waals surface area contributed by atoms with Crippen LogP contribution in [0.4, 0.5) is 4.79 Å². The highest BCUT2D eigenvalue weighted by atomic mass is 79.9. The number of amidine groups is 1. The lowest BCUT2D eigenvalue weighted by molar-refractivity contribution is 0.159. The molecular formula is C15H18BrN3O. The highest BCUT2D eigenvalue weighted by molar-refractivity contribution is 9.10. The van der Waals surface area contributed by atoms with E-state index in [0.29, 0.717) is 18.3 Å². The van der Waals surface area contributed by atoms with E-state index in [0.717, 1.165) is 22.9 Å².